The Balaban J connectivity index is 1.46. The number of anilines is 1. The van der Waals surface area contributed by atoms with Gasteiger partial charge in [-0.15, -0.1) is 0 Å². The van der Waals surface area contributed by atoms with Gasteiger partial charge in [-0.1, -0.05) is 18.2 Å². The van der Waals surface area contributed by atoms with Crippen LogP contribution in [-0.2, 0) is 0 Å². The van der Waals surface area contributed by atoms with Gasteiger partial charge < -0.3 is 14.5 Å². The molecular weight excluding hydrogens is 466 g/mol. The molecule has 1 heterocycles. The van der Waals surface area contributed by atoms with Gasteiger partial charge in [0.1, 0.15) is 11.3 Å². The second-order valence-corrected chi connectivity index (χ2v) is 7.59. The van der Waals surface area contributed by atoms with Crippen molar-refractivity contribution in [2.45, 2.75) is 0 Å². The van der Waals surface area contributed by atoms with E-state index >= 15 is 0 Å². The standard InChI is InChI=1S/C22H16BrN3O3S/c1-28-18-9-7-14(11-16(18)23)20(27)26-22(30)24-15-8-10-19-17(12-15)25-21(29-19)13-5-3-2-4-6-13/h2-12H,1H3,(H2,24,26,27,30). The first kappa shape index (κ1) is 20.1. The summed E-state index contributed by atoms with van der Waals surface area (Å²) in [6, 6.07) is 20.1. The number of carbonyl (C=O) groups is 1. The second-order valence-electron chi connectivity index (χ2n) is 6.33. The quantitative estimate of drug-likeness (QED) is 0.380. The maximum atomic E-state index is 12.4. The predicted octanol–water partition coefficient (Wildman–Crippen LogP) is 5.39. The molecule has 3 aromatic carbocycles. The average Bonchev–Trinajstić information content (AvgIpc) is 3.17. The average molecular weight is 482 g/mol. The van der Waals surface area contributed by atoms with Gasteiger partial charge in [-0.3, -0.25) is 10.1 Å². The molecule has 8 heteroatoms. The summed E-state index contributed by atoms with van der Waals surface area (Å²) in [6.07, 6.45) is 0. The molecule has 1 aromatic heterocycles. The number of oxazole rings is 1. The van der Waals surface area contributed by atoms with E-state index < -0.39 is 0 Å². The lowest BCUT2D eigenvalue weighted by Gasteiger charge is -2.10. The number of thiocarbonyl (C=S) groups is 1. The molecule has 4 rings (SSSR count). The fourth-order valence-electron chi connectivity index (χ4n) is 2.85. The van der Waals surface area contributed by atoms with E-state index in [9.17, 15) is 4.79 Å². The van der Waals surface area contributed by atoms with E-state index in [1.54, 1.807) is 25.3 Å². The number of hydrogen-bond acceptors (Lipinski definition) is 5. The first-order valence-corrected chi connectivity index (χ1v) is 10.2. The number of methoxy groups -OCH3 is 1. The summed E-state index contributed by atoms with van der Waals surface area (Å²) >= 11 is 8.64. The Morgan fingerprint density at radius 2 is 1.90 bits per heavy atom. The molecule has 1 amide bonds. The molecule has 0 radical (unpaired) electrons. The zero-order valence-corrected chi connectivity index (χ0v) is 18.2. The van der Waals surface area contributed by atoms with Crippen LogP contribution in [0.3, 0.4) is 0 Å². The van der Waals surface area contributed by atoms with Crippen LogP contribution in [0.4, 0.5) is 5.69 Å². The molecular formula is C22H16BrN3O3S. The fraction of sp³-hybridized carbons (Fsp3) is 0.0455. The first-order valence-electron chi connectivity index (χ1n) is 8.95. The van der Waals surface area contributed by atoms with Crippen molar-refractivity contribution in [1.29, 1.82) is 0 Å². The summed E-state index contributed by atoms with van der Waals surface area (Å²) in [7, 11) is 1.56. The molecule has 2 N–H and O–H groups in total. The minimum Gasteiger partial charge on any atom is -0.496 e. The Morgan fingerprint density at radius 1 is 1.10 bits per heavy atom. The van der Waals surface area contributed by atoms with Crippen LogP contribution in [0.1, 0.15) is 10.4 Å². The number of fused-ring (bicyclic) bond motifs is 1. The Hall–Kier alpha value is -3.23. The lowest BCUT2D eigenvalue weighted by molar-refractivity contribution is 0.0977. The van der Waals surface area contributed by atoms with Crippen LogP contribution in [0.2, 0.25) is 0 Å². The van der Waals surface area contributed by atoms with Gasteiger partial charge >= 0.3 is 0 Å². The van der Waals surface area contributed by atoms with Crippen LogP contribution in [0.15, 0.2) is 75.6 Å². The lowest BCUT2D eigenvalue weighted by atomic mass is 10.2. The number of aromatic nitrogens is 1. The number of rotatable bonds is 4. The zero-order valence-electron chi connectivity index (χ0n) is 15.8. The molecule has 0 unspecified atom stereocenters. The van der Waals surface area contributed by atoms with Crippen molar-refractivity contribution in [3.8, 4) is 17.2 Å². The van der Waals surface area contributed by atoms with Crippen molar-refractivity contribution < 1.29 is 13.9 Å². The molecule has 0 fully saturated rings. The van der Waals surface area contributed by atoms with Crippen molar-refractivity contribution in [3.05, 3.63) is 76.8 Å². The maximum Gasteiger partial charge on any atom is 0.257 e. The van der Waals surface area contributed by atoms with Crippen LogP contribution >= 0.6 is 28.1 Å². The van der Waals surface area contributed by atoms with Crippen molar-refractivity contribution in [2.24, 2.45) is 0 Å². The fourth-order valence-corrected chi connectivity index (χ4v) is 3.61. The van der Waals surface area contributed by atoms with Gasteiger partial charge in [0.05, 0.1) is 11.6 Å². The maximum absolute atomic E-state index is 12.4. The van der Waals surface area contributed by atoms with Crippen LogP contribution in [-0.4, -0.2) is 23.1 Å². The summed E-state index contributed by atoms with van der Waals surface area (Å²) in [5.74, 6) is 0.858. The van der Waals surface area contributed by atoms with Crippen molar-refractivity contribution in [2.75, 3.05) is 12.4 Å². The molecule has 150 valence electrons. The largest absolute Gasteiger partial charge is 0.496 e. The third kappa shape index (κ3) is 4.34. The molecule has 6 nitrogen and oxygen atoms in total. The van der Waals surface area contributed by atoms with Gasteiger partial charge in [-0.05, 0) is 76.7 Å². The van der Waals surface area contributed by atoms with Crippen LogP contribution < -0.4 is 15.4 Å². The predicted molar refractivity (Wildman–Crippen MR) is 124 cm³/mol. The number of amides is 1. The highest BCUT2D eigenvalue weighted by atomic mass is 79.9. The van der Waals surface area contributed by atoms with E-state index in [4.69, 9.17) is 21.4 Å². The molecule has 30 heavy (non-hydrogen) atoms. The topological polar surface area (TPSA) is 76.4 Å². The number of ether oxygens (including phenoxy) is 1. The number of carbonyl (C=O) groups excluding carboxylic acids is 1. The molecule has 0 aliphatic heterocycles. The third-order valence-electron chi connectivity index (χ3n) is 4.31. The number of benzene rings is 3. The van der Waals surface area contributed by atoms with Gasteiger partial charge in [0.15, 0.2) is 10.7 Å². The van der Waals surface area contributed by atoms with Crippen LogP contribution in [0, 0.1) is 0 Å². The highest BCUT2D eigenvalue weighted by Gasteiger charge is 2.12. The van der Waals surface area contributed by atoms with E-state index in [0.717, 1.165) is 5.56 Å². The minimum absolute atomic E-state index is 0.179. The Labute approximate surface area is 186 Å². The smallest absolute Gasteiger partial charge is 0.257 e. The van der Waals surface area contributed by atoms with Crippen LogP contribution in [0.5, 0.6) is 5.75 Å². The summed E-state index contributed by atoms with van der Waals surface area (Å²) in [5.41, 5.74) is 3.39. The molecule has 0 aliphatic rings. The summed E-state index contributed by atoms with van der Waals surface area (Å²) < 4.78 is 11.7. The van der Waals surface area contributed by atoms with Gasteiger partial charge in [0.25, 0.3) is 5.91 Å². The summed E-state index contributed by atoms with van der Waals surface area (Å²) in [6.45, 7) is 0. The third-order valence-corrected chi connectivity index (χ3v) is 5.13. The van der Waals surface area contributed by atoms with E-state index in [2.05, 4.69) is 31.5 Å². The first-order chi connectivity index (χ1) is 14.5. The monoisotopic (exact) mass is 481 g/mol. The van der Waals surface area contributed by atoms with Crippen molar-refractivity contribution in [1.82, 2.24) is 10.3 Å². The van der Waals surface area contributed by atoms with Crippen molar-refractivity contribution in [3.63, 3.8) is 0 Å². The molecule has 0 spiro atoms. The van der Waals surface area contributed by atoms with Gasteiger partial charge in [-0.2, -0.15) is 0 Å². The Kier molecular flexibility index (Phi) is 5.78. The summed E-state index contributed by atoms with van der Waals surface area (Å²) in [5, 5.41) is 5.85. The van der Waals surface area contributed by atoms with E-state index in [-0.39, 0.29) is 11.0 Å². The van der Waals surface area contributed by atoms with E-state index in [0.29, 0.717) is 38.5 Å². The molecule has 0 saturated heterocycles. The van der Waals surface area contributed by atoms with E-state index in [1.165, 1.54) is 0 Å². The summed E-state index contributed by atoms with van der Waals surface area (Å²) in [4.78, 5) is 17.0. The van der Waals surface area contributed by atoms with Crippen LogP contribution in [0.25, 0.3) is 22.6 Å². The molecule has 0 bridgehead atoms. The minimum atomic E-state index is -0.329. The number of hydrogen-bond donors (Lipinski definition) is 2. The number of halogens is 1. The zero-order chi connectivity index (χ0) is 21.1. The SMILES string of the molecule is COc1ccc(C(=O)NC(=S)Nc2ccc3oc(-c4ccccc4)nc3c2)cc1Br. The van der Waals surface area contributed by atoms with Gasteiger partial charge in [0, 0.05) is 16.8 Å². The molecule has 0 saturated carbocycles. The molecule has 0 aliphatic carbocycles. The van der Waals surface area contributed by atoms with Gasteiger partial charge in [-0.25, -0.2) is 4.98 Å². The van der Waals surface area contributed by atoms with Gasteiger partial charge in [0.2, 0.25) is 5.89 Å². The lowest BCUT2D eigenvalue weighted by Crippen LogP contribution is -2.34. The second kappa shape index (κ2) is 8.64. The molecule has 4 aromatic rings. The van der Waals surface area contributed by atoms with Crippen molar-refractivity contribution >= 4 is 56.0 Å². The Morgan fingerprint density at radius 3 is 2.63 bits per heavy atom. The van der Waals surface area contributed by atoms with E-state index in [1.807, 2.05) is 48.5 Å². The normalized spacial score (nSPS) is 10.6. The number of nitrogens with one attached hydrogen (secondary N) is 2. The molecule has 0 atom stereocenters. The highest BCUT2D eigenvalue weighted by Crippen LogP contribution is 2.27. The Bertz CT molecular complexity index is 1240. The highest BCUT2D eigenvalue weighted by molar-refractivity contribution is 9.10. The number of nitrogens with zero attached hydrogens (tertiary/aromatic N) is 1.